The van der Waals surface area contributed by atoms with Gasteiger partial charge in [-0.1, -0.05) is 23.5 Å². The van der Waals surface area contributed by atoms with E-state index in [9.17, 15) is 10.1 Å². The van der Waals surface area contributed by atoms with E-state index < -0.39 is 4.92 Å². The molecule has 3 heterocycles. The molecule has 10 nitrogen and oxygen atoms in total. The van der Waals surface area contributed by atoms with Gasteiger partial charge in [0.05, 0.1) is 15.1 Å². The van der Waals surface area contributed by atoms with Crippen molar-refractivity contribution in [3.63, 3.8) is 0 Å². The smallest absolute Gasteiger partial charge is 0.353 e. The van der Waals surface area contributed by atoms with E-state index in [1.54, 1.807) is 18.2 Å². The summed E-state index contributed by atoms with van der Waals surface area (Å²) >= 11 is 1.38. The Bertz CT molecular complexity index is 1230. The second kappa shape index (κ2) is 7.44. The topological polar surface area (TPSA) is 124 Å². The number of aromatic nitrogens is 3. The molecular formula is C19H14N6O4S. The van der Waals surface area contributed by atoms with Crippen LogP contribution in [0.5, 0.6) is 11.5 Å². The van der Waals surface area contributed by atoms with Crippen LogP contribution in [0, 0.1) is 10.1 Å². The molecule has 0 aliphatic carbocycles. The monoisotopic (exact) mass is 422 g/mol. The highest BCUT2D eigenvalue weighted by molar-refractivity contribution is 7.22. The van der Waals surface area contributed by atoms with Crippen molar-refractivity contribution in [2.75, 3.05) is 23.8 Å². The molecule has 2 aromatic heterocycles. The number of fused-ring (bicyclic) bond motifs is 2. The number of ether oxygens (including phenoxy) is 2. The predicted molar refractivity (Wildman–Crippen MR) is 112 cm³/mol. The summed E-state index contributed by atoms with van der Waals surface area (Å²) in [5.41, 5.74) is 1.09. The molecule has 4 aromatic rings. The molecule has 0 atom stereocenters. The summed E-state index contributed by atoms with van der Waals surface area (Å²) in [7, 11) is 0. The van der Waals surface area contributed by atoms with Crippen LogP contribution in [0.15, 0.2) is 48.8 Å². The van der Waals surface area contributed by atoms with Crippen LogP contribution in [-0.4, -0.2) is 33.1 Å². The number of para-hydroxylation sites is 1. The van der Waals surface area contributed by atoms with Crippen molar-refractivity contribution in [2.24, 2.45) is 0 Å². The zero-order valence-corrected chi connectivity index (χ0v) is 16.2. The highest BCUT2D eigenvalue weighted by Crippen LogP contribution is 2.37. The molecule has 0 radical (unpaired) electrons. The first-order valence-corrected chi connectivity index (χ1v) is 9.78. The molecule has 2 aromatic carbocycles. The molecular weight excluding hydrogens is 408 g/mol. The van der Waals surface area contributed by atoms with E-state index in [0.717, 1.165) is 10.2 Å². The van der Waals surface area contributed by atoms with Gasteiger partial charge in [-0.15, -0.1) is 0 Å². The Labute approximate surface area is 173 Å². The minimum absolute atomic E-state index is 0.0501. The van der Waals surface area contributed by atoms with Crippen molar-refractivity contribution >= 4 is 49.7 Å². The fraction of sp³-hybridized carbons (Fsp3) is 0.105. The number of rotatable bonds is 5. The van der Waals surface area contributed by atoms with Crippen LogP contribution in [-0.2, 0) is 0 Å². The SMILES string of the molecule is O=[N+]([O-])c1c(Nc2ccc3c(c2)OCCO3)ncnc1Nc1nc2ccccc2s1. The zero-order valence-electron chi connectivity index (χ0n) is 15.4. The van der Waals surface area contributed by atoms with Crippen molar-refractivity contribution in [3.05, 3.63) is 58.9 Å². The summed E-state index contributed by atoms with van der Waals surface area (Å²) in [5.74, 6) is 1.29. The van der Waals surface area contributed by atoms with Crippen molar-refractivity contribution in [1.29, 1.82) is 0 Å². The van der Waals surface area contributed by atoms with Gasteiger partial charge in [-0.3, -0.25) is 10.1 Å². The molecule has 0 fully saturated rings. The van der Waals surface area contributed by atoms with E-state index >= 15 is 0 Å². The van der Waals surface area contributed by atoms with Gasteiger partial charge in [0.1, 0.15) is 19.5 Å². The first-order chi connectivity index (χ1) is 14.7. The van der Waals surface area contributed by atoms with Crippen LogP contribution in [0.2, 0.25) is 0 Å². The quantitative estimate of drug-likeness (QED) is 0.358. The normalized spacial score (nSPS) is 12.5. The van der Waals surface area contributed by atoms with Gasteiger partial charge in [0.25, 0.3) is 0 Å². The summed E-state index contributed by atoms with van der Waals surface area (Å²) < 4.78 is 12.0. The fourth-order valence-corrected chi connectivity index (χ4v) is 3.88. The van der Waals surface area contributed by atoms with Crippen LogP contribution in [0.3, 0.4) is 0 Å². The van der Waals surface area contributed by atoms with E-state index in [2.05, 4.69) is 25.6 Å². The lowest BCUT2D eigenvalue weighted by Gasteiger charge is -2.19. The van der Waals surface area contributed by atoms with Gasteiger partial charge in [-0.05, 0) is 24.3 Å². The number of thiazole rings is 1. The van der Waals surface area contributed by atoms with Crippen molar-refractivity contribution in [1.82, 2.24) is 15.0 Å². The number of nitrogens with zero attached hydrogens (tertiary/aromatic N) is 4. The van der Waals surface area contributed by atoms with Crippen LogP contribution >= 0.6 is 11.3 Å². The Morgan fingerprint density at radius 1 is 1.00 bits per heavy atom. The average molecular weight is 422 g/mol. The Kier molecular flexibility index (Phi) is 4.48. The molecule has 0 unspecified atom stereocenters. The molecule has 0 amide bonds. The third kappa shape index (κ3) is 3.42. The Morgan fingerprint density at radius 2 is 1.77 bits per heavy atom. The maximum absolute atomic E-state index is 11.8. The van der Waals surface area contributed by atoms with Crippen LogP contribution in [0.1, 0.15) is 0 Å². The molecule has 0 bridgehead atoms. The Morgan fingerprint density at radius 3 is 2.57 bits per heavy atom. The number of nitrogens with one attached hydrogen (secondary N) is 2. The van der Waals surface area contributed by atoms with Gasteiger partial charge in [0, 0.05) is 11.8 Å². The molecule has 2 N–H and O–H groups in total. The second-order valence-electron chi connectivity index (χ2n) is 6.27. The van der Waals surface area contributed by atoms with Crippen molar-refractivity contribution in [2.45, 2.75) is 0 Å². The molecule has 150 valence electrons. The summed E-state index contributed by atoms with van der Waals surface area (Å²) in [4.78, 5) is 23.8. The molecule has 1 aliphatic rings. The molecule has 0 spiro atoms. The molecule has 30 heavy (non-hydrogen) atoms. The van der Waals surface area contributed by atoms with E-state index in [0.29, 0.717) is 35.5 Å². The second-order valence-corrected chi connectivity index (χ2v) is 7.30. The number of nitro groups is 1. The highest BCUT2D eigenvalue weighted by atomic mass is 32.1. The third-order valence-corrected chi connectivity index (χ3v) is 5.28. The Hall–Kier alpha value is -3.99. The summed E-state index contributed by atoms with van der Waals surface area (Å²) in [6.45, 7) is 0.929. The Balaban J connectivity index is 1.48. The average Bonchev–Trinajstić information content (AvgIpc) is 3.16. The minimum Gasteiger partial charge on any atom is -0.486 e. The maximum Gasteiger partial charge on any atom is 0.353 e. The van der Waals surface area contributed by atoms with Gasteiger partial charge in [0.15, 0.2) is 16.6 Å². The van der Waals surface area contributed by atoms with Gasteiger partial charge >= 0.3 is 5.69 Å². The van der Waals surface area contributed by atoms with E-state index in [-0.39, 0.29) is 17.3 Å². The number of benzene rings is 2. The van der Waals surface area contributed by atoms with Crippen LogP contribution in [0.4, 0.5) is 28.1 Å². The molecule has 0 saturated heterocycles. The number of hydrogen-bond acceptors (Lipinski definition) is 10. The van der Waals surface area contributed by atoms with Crippen molar-refractivity contribution in [3.8, 4) is 11.5 Å². The lowest BCUT2D eigenvalue weighted by Crippen LogP contribution is -2.15. The number of anilines is 4. The van der Waals surface area contributed by atoms with Gasteiger partial charge < -0.3 is 20.1 Å². The van der Waals surface area contributed by atoms with E-state index in [1.807, 2.05) is 24.3 Å². The van der Waals surface area contributed by atoms with E-state index in [1.165, 1.54) is 17.7 Å². The van der Waals surface area contributed by atoms with Crippen molar-refractivity contribution < 1.29 is 14.4 Å². The van der Waals surface area contributed by atoms with E-state index in [4.69, 9.17) is 9.47 Å². The third-order valence-electron chi connectivity index (χ3n) is 4.33. The van der Waals surface area contributed by atoms with Gasteiger partial charge in [0.2, 0.25) is 11.6 Å². The molecule has 11 heteroatoms. The standard InChI is InChI=1S/C19H14N6O4S/c26-25(27)16-17(22-11-5-6-13-14(9-11)29-8-7-28-13)20-10-21-18(16)24-19-23-12-3-1-2-4-15(12)30-19/h1-6,9-10H,7-8H2,(H2,20,21,22,23,24). The van der Waals surface area contributed by atoms with Crippen LogP contribution in [0.25, 0.3) is 10.2 Å². The lowest BCUT2D eigenvalue weighted by atomic mass is 10.2. The van der Waals surface area contributed by atoms with Crippen LogP contribution < -0.4 is 20.1 Å². The zero-order chi connectivity index (χ0) is 20.5. The summed E-state index contributed by atoms with van der Waals surface area (Å²) in [5, 5.41) is 18.2. The highest BCUT2D eigenvalue weighted by Gasteiger charge is 2.24. The predicted octanol–water partition coefficient (Wildman–Crippen LogP) is 4.25. The van der Waals surface area contributed by atoms with Gasteiger partial charge in [-0.25, -0.2) is 15.0 Å². The molecule has 1 aliphatic heterocycles. The van der Waals surface area contributed by atoms with Gasteiger partial charge in [-0.2, -0.15) is 0 Å². The summed E-state index contributed by atoms with van der Waals surface area (Å²) in [6.07, 6.45) is 1.25. The molecule has 5 rings (SSSR count). The first kappa shape index (κ1) is 18.1. The molecule has 0 saturated carbocycles. The first-order valence-electron chi connectivity index (χ1n) is 8.96. The minimum atomic E-state index is -0.532. The largest absolute Gasteiger partial charge is 0.486 e. The summed E-state index contributed by atoms with van der Waals surface area (Å²) in [6, 6.07) is 12.8. The lowest BCUT2D eigenvalue weighted by molar-refractivity contribution is -0.383. The fourth-order valence-electron chi connectivity index (χ4n) is 3.02. The maximum atomic E-state index is 11.8. The number of hydrogen-bond donors (Lipinski definition) is 2.